The van der Waals surface area contributed by atoms with E-state index in [9.17, 15) is 14.3 Å². The third-order valence-electron chi connectivity index (χ3n) is 5.49. The van der Waals surface area contributed by atoms with Crippen LogP contribution in [0.5, 0.6) is 5.75 Å². The van der Waals surface area contributed by atoms with Crippen molar-refractivity contribution >= 4 is 23.4 Å². The Morgan fingerprint density at radius 3 is 2.48 bits per heavy atom. The molecule has 0 unspecified atom stereocenters. The minimum atomic E-state index is -0.848. The SMILES string of the molecule is Cc1nc(NCc2ccc(OCc3ccc(F)cc3)cc2)nc2c1NC(=O)[C@H]([C@@H](C)O)N2C. The number of benzene rings is 2. The molecule has 2 atom stereocenters. The second-order valence-corrected chi connectivity index (χ2v) is 8.03. The number of aliphatic hydroxyl groups excluding tert-OH is 1. The van der Waals surface area contributed by atoms with E-state index in [1.54, 1.807) is 37.9 Å². The van der Waals surface area contributed by atoms with Gasteiger partial charge in [-0.2, -0.15) is 4.98 Å². The van der Waals surface area contributed by atoms with E-state index in [2.05, 4.69) is 20.6 Å². The third-order valence-corrected chi connectivity index (χ3v) is 5.49. The number of aliphatic hydroxyl groups is 1. The molecule has 1 aliphatic heterocycles. The number of nitrogens with one attached hydrogen (secondary N) is 2. The molecule has 0 aliphatic carbocycles. The van der Waals surface area contributed by atoms with Crippen LogP contribution in [0, 0.1) is 12.7 Å². The van der Waals surface area contributed by atoms with Crippen LogP contribution in [0.3, 0.4) is 0 Å². The maximum atomic E-state index is 13.0. The summed E-state index contributed by atoms with van der Waals surface area (Å²) in [6, 6.07) is 13.1. The van der Waals surface area contributed by atoms with Crippen molar-refractivity contribution in [3.63, 3.8) is 0 Å². The molecule has 0 saturated heterocycles. The van der Waals surface area contributed by atoms with Gasteiger partial charge in [-0.1, -0.05) is 24.3 Å². The van der Waals surface area contributed by atoms with Crippen LogP contribution in [0.1, 0.15) is 23.7 Å². The highest BCUT2D eigenvalue weighted by atomic mass is 19.1. The lowest BCUT2D eigenvalue weighted by molar-refractivity contribution is -0.119. The molecule has 8 nitrogen and oxygen atoms in total. The van der Waals surface area contributed by atoms with Gasteiger partial charge in [-0.15, -0.1) is 0 Å². The number of hydrogen-bond donors (Lipinski definition) is 3. The number of aryl methyl sites for hydroxylation is 1. The van der Waals surface area contributed by atoms with E-state index in [0.29, 0.717) is 42.0 Å². The van der Waals surface area contributed by atoms with Crippen molar-refractivity contribution < 1.29 is 19.0 Å². The second kappa shape index (κ2) is 9.41. The zero-order valence-corrected chi connectivity index (χ0v) is 18.7. The van der Waals surface area contributed by atoms with Crippen LogP contribution in [-0.2, 0) is 17.9 Å². The number of carbonyl (C=O) groups excluding carboxylic acids is 1. The number of amides is 1. The fraction of sp³-hybridized carbons (Fsp3) is 0.292. The summed E-state index contributed by atoms with van der Waals surface area (Å²) in [6.45, 7) is 4.23. The van der Waals surface area contributed by atoms with Gasteiger partial charge in [0.1, 0.15) is 29.9 Å². The molecule has 0 radical (unpaired) electrons. The summed E-state index contributed by atoms with van der Waals surface area (Å²) in [5, 5.41) is 16.0. The van der Waals surface area contributed by atoms with Crippen LogP contribution < -0.4 is 20.3 Å². The van der Waals surface area contributed by atoms with Crippen LogP contribution in [-0.4, -0.2) is 40.2 Å². The van der Waals surface area contributed by atoms with Gasteiger partial charge in [0.05, 0.1) is 11.8 Å². The zero-order chi connectivity index (χ0) is 23.5. The van der Waals surface area contributed by atoms with Gasteiger partial charge in [0.15, 0.2) is 5.82 Å². The molecule has 2 aromatic carbocycles. The van der Waals surface area contributed by atoms with E-state index in [-0.39, 0.29) is 11.7 Å². The Labute approximate surface area is 191 Å². The van der Waals surface area contributed by atoms with Crippen molar-refractivity contribution in [3.8, 4) is 5.75 Å². The Morgan fingerprint density at radius 1 is 1.15 bits per heavy atom. The molecular weight excluding hydrogens is 425 g/mol. The van der Waals surface area contributed by atoms with Gasteiger partial charge < -0.3 is 25.4 Å². The summed E-state index contributed by atoms with van der Waals surface area (Å²) in [6.07, 6.45) is -0.848. The molecule has 3 N–H and O–H groups in total. The van der Waals surface area contributed by atoms with Crippen molar-refractivity contribution in [1.82, 2.24) is 9.97 Å². The Morgan fingerprint density at radius 2 is 1.82 bits per heavy atom. The molecule has 0 saturated carbocycles. The standard InChI is InChI=1S/C24H26FN5O3/c1-14-20-22(30(3)21(15(2)31)23(32)28-20)29-24(27-14)26-12-16-6-10-19(11-7-16)33-13-17-4-8-18(25)9-5-17/h4-11,15,21,31H,12-13H2,1-3H3,(H,28,32)(H,26,27,29)/t15-,21+/m1/s1. The van der Waals surface area contributed by atoms with Gasteiger partial charge in [0, 0.05) is 13.6 Å². The molecule has 0 bridgehead atoms. The van der Waals surface area contributed by atoms with Crippen LogP contribution in [0.4, 0.5) is 21.8 Å². The first-order valence-electron chi connectivity index (χ1n) is 10.6. The lowest BCUT2D eigenvalue weighted by Crippen LogP contribution is -2.52. The van der Waals surface area contributed by atoms with E-state index in [1.807, 2.05) is 24.3 Å². The molecule has 2 heterocycles. The van der Waals surface area contributed by atoms with Crippen molar-refractivity contribution in [3.05, 3.63) is 71.2 Å². The number of hydrogen-bond acceptors (Lipinski definition) is 7. The van der Waals surface area contributed by atoms with Gasteiger partial charge >= 0.3 is 0 Å². The zero-order valence-electron chi connectivity index (χ0n) is 18.7. The summed E-state index contributed by atoms with van der Waals surface area (Å²) in [5.41, 5.74) is 3.08. The van der Waals surface area contributed by atoms with Gasteiger partial charge in [0.25, 0.3) is 0 Å². The fourth-order valence-electron chi connectivity index (χ4n) is 3.72. The first kappa shape index (κ1) is 22.5. The van der Waals surface area contributed by atoms with Crippen LogP contribution >= 0.6 is 0 Å². The van der Waals surface area contributed by atoms with E-state index >= 15 is 0 Å². The van der Waals surface area contributed by atoms with E-state index in [0.717, 1.165) is 11.1 Å². The number of aromatic nitrogens is 2. The van der Waals surface area contributed by atoms with Crippen molar-refractivity contribution in [2.24, 2.45) is 0 Å². The summed E-state index contributed by atoms with van der Waals surface area (Å²) >= 11 is 0. The Kier molecular flexibility index (Phi) is 6.41. The molecule has 1 amide bonds. The smallest absolute Gasteiger partial charge is 0.249 e. The number of rotatable bonds is 7. The first-order valence-corrected chi connectivity index (χ1v) is 10.6. The maximum Gasteiger partial charge on any atom is 0.249 e. The molecule has 9 heteroatoms. The third kappa shape index (κ3) is 5.04. The number of likely N-dealkylation sites (N-methyl/N-ethyl adjacent to an activating group) is 1. The van der Waals surface area contributed by atoms with E-state index in [4.69, 9.17) is 4.74 Å². The topological polar surface area (TPSA) is 99.6 Å². The molecule has 172 valence electrons. The van der Waals surface area contributed by atoms with Crippen LogP contribution in [0.2, 0.25) is 0 Å². The lowest BCUT2D eigenvalue weighted by Gasteiger charge is -2.36. The molecule has 1 aliphatic rings. The van der Waals surface area contributed by atoms with Crippen LogP contribution in [0.25, 0.3) is 0 Å². The van der Waals surface area contributed by atoms with Gasteiger partial charge in [0.2, 0.25) is 11.9 Å². The highest BCUT2D eigenvalue weighted by Gasteiger charge is 2.36. The number of fused-ring (bicyclic) bond motifs is 1. The molecule has 33 heavy (non-hydrogen) atoms. The van der Waals surface area contributed by atoms with E-state index < -0.39 is 12.1 Å². The van der Waals surface area contributed by atoms with Gasteiger partial charge in [-0.05, 0) is 49.2 Å². The van der Waals surface area contributed by atoms with Crippen LogP contribution in [0.15, 0.2) is 48.5 Å². The predicted molar refractivity (Wildman–Crippen MR) is 124 cm³/mol. The average molecular weight is 452 g/mol. The molecule has 1 aromatic heterocycles. The number of anilines is 3. The van der Waals surface area contributed by atoms with Crippen molar-refractivity contribution in [2.45, 2.75) is 39.1 Å². The molecule has 0 spiro atoms. The largest absolute Gasteiger partial charge is 0.489 e. The number of nitrogens with zero attached hydrogens (tertiary/aromatic N) is 3. The van der Waals surface area contributed by atoms with Crippen molar-refractivity contribution in [1.29, 1.82) is 0 Å². The van der Waals surface area contributed by atoms with Crippen molar-refractivity contribution in [2.75, 3.05) is 22.6 Å². The summed E-state index contributed by atoms with van der Waals surface area (Å²) in [5.74, 6) is 1.14. The minimum Gasteiger partial charge on any atom is -0.489 e. The number of halogens is 1. The second-order valence-electron chi connectivity index (χ2n) is 8.03. The summed E-state index contributed by atoms with van der Waals surface area (Å²) in [7, 11) is 1.73. The van der Waals surface area contributed by atoms with Gasteiger partial charge in [-0.3, -0.25) is 4.79 Å². The number of carbonyl (C=O) groups is 1. The summed E-state index contributed by atoms with van der Waals surface area (Å²) in [4.78, 5) is 23.0. The fourth-order valence-corrected chi connectivity index (χ4v) is 3.72. The highest BCUT2D eigenvalue weighted by Crippen LogP contribution is 2.33. The normalized spacial score (nSPS) is 16.1. The van der Waals surface area contributed by atoms with E-state index in [1.165, 1.54) is 12.1 Å². The maximum absolute atomic E-state index is 13.0. The lowest BCUT2D eigenvalue weighted by atomic mass is 10.1. The first-order chi connectivity index (χ1) is 15.8. The Hall–Kier alpha value is -3.72. The summed E-state index contributed by atoms with van der Waals surface area (Å²) < 4.78 is 18.7. The monoisotopic (exact) mass is 451 g/mol. The highest BCUT2D eigenvalue weighted by molar-refractivity contribution is 6.03. The molecule has 0 fully saturated rings. The quantitative estimate of drug-likeness (QED) is 0.507. The van der Waals surface area contributed by atoms with Gasteiger partial charge in [-0.25, -0.2) is 9.37 Å². The molecular formula is C24H26FN5O3. The minimum absolute atomic E-state index is 0.270. The number of ether oxygens (including phenoxy) is 1. The molecule has 3 aromatic rings. The average Bonchev–Trinajstić information content (AvgIpc) is 2.78. The Bertz CT molecular complexity index is 1140. The Balaban J connectivity index is 1.39. The predicted octanol–water partition coefficient (Wildman–Crippen LogP) is 3.25. The molecule has 4 rings (SSSR count).